The molecular formula is C19H9F12NO3. The van der Waals surface area contributed by atoms with Crippen molar-refractivity contribution in [1.29, 1.82) is 0 Å². The number of alkyl halides is 12. The molecule has 0 bridgehead atoms. The van der Waals surface area contributed by atoms with E-state index in [4.69, 9.17) is 0 Å². The molecule has 2 aromatic carbocycles. The van der Waals surface area contributed by atoms with Gasteiger partial charge in [0.05, 0.1) is 0 Å². The van der Waals surface area contributed by atoms with E-state index >= 15 is 0 Å². The van der Waals surface area contributed by atoms with Gasteiger partial charge in [-0.2, -0.15) is 48.3 Å². The number of phenols is 1. The SMILES string of the molecule is O=C(Oc1ccc(-c2ccc(O)cc2)cc1)[C@](F)(N1C(F)(F)C(F)(F)C(F)(F)C1(F)F)C(F)(F)F. The third kappa shape index (κ3) is 3.56. The molecule has 4 nitrogen and oxygen atoms in total. The van der Waals surface area contributed by atoms with Crippen molar-refractivity contribution in [3.8, 4) is 22.6 Å². The van der Waals surface area contributed by atoms with Crippen LogP contribution < -0.4 is 4.74 Å². The van der Waals surface area contributed by atoms with Gasteiger partial charge in [0, 0.05) is 0 Å². The van der Waals surface area contributed by atoms with Gasteiger partial charge in [0.25, 0.3) is 0 Å². The van der Waals surface area contributed by atoms with Crippen molar-refractivity contribution < 1.29 is 67.3 Å². The van der Waals surface area contributed by atoms with Crippen LogP contribution in [0.5, 0.6) is 11.5 Å². The number of carbonyl (C=O) groups is 1. The van der Waals surface area contributed by atoms with E-state index in [0.717, 1.165) is 12.1 Å². The number of carbonyl (C=O) groups excluding carboxylic acids is 1. The smallest absolute Gasteiger partial charge is 0.448 e. The van der Waals surface area contributed by atoms with Gasteiger partial charge < -0.3 is 9.84 Å². The van der Waals surface area contributed by atoms with Gasteiger partial charge in [0.2, 0.25) is 0 Å². The van der Waals surface area contributed by atoms with Crippen LogP contribution in [0.15, 0.2) is 48.5 Å². The Bertz CT molecular complexity index is 1090. The van der Waals surface area contributed by atoms with Crippen molar-refractivity contribution in [3.63, 3.8) is 0 Å². The Balaban J connectivity index is 2.02. The van der Waals surface area contributed by atoms with Gasteiger partial charge in [0.15, 0.2) is 0 Å². The Morgan fingerprint density at radius 1 is 0.714 bits per heavy atom. The molecule has 1 aliphatic rings. The molecule has 0 spiro atoms. The van der Waals surface area contributed by atoms with Crippen molar-refractivity contribution in [3.05, 3.63) is 48.5 Å². The number of rotatable bonds is 4. The molecule has 1 fully saturated rings. The molecule has 3 rings (SSSR count). The average Bonchev–Trinajstić information content (AvgIpc) is 2.80. The Labute approximate surface area is 186 Å². The molecule has 1 saturated heterocycles. The second-order valence-electron chi connectivity index (χ2n) is 7.15. The Kier molecular flexibility index (Phi) is 5.79. The van der Waals surface area contributed by atoms with Crippen LogP contribution in [0.2, 0.25) is 0 Å². The summed E-state index contributed by atoms with van der Waals surface area (Å²) >= 11 is 0. The van der Waals surface area contributed by atoms with E-state index in [2.05, 4.69) is 4.74 Å². The maximum Gasteiger partial charge on any atom is 0.448 e. The van der Waals surface area contributed by atoms with Gasteiger partial charge in [-0.15, -0.1) is 4.90 Å². The molecule has 1 aliphatic heterocycles. The van der Waals surface area contributed by atoms with Crippen LogP contribution in [0.25, 0.3) is 11.1 Å². The number of hydrogen-bond acceptors (Lipinski definition) is 4. The highest BCUT2D eigenvalue weighted by Gasteiger charge is 2.98. The largest absolute Gasteiger partial charge is 0.508 e. The standard InChI is InChI=1S/C19H9F12NO3/c20-14(17(25,26)27,32-18(28,29)15(21,22)16(23,24)19(32,30)31)13(34)35-12-7-3-10(4-8-12)9-1-5-11(33)6-2-9/h1-8,33H/t14-/m0/s1. The summed E-state index contributed by atoms with van der Waals surface area (Å²) in [6.45, 7) is 0. The van der Waals surface area contributed by atoms with Crippen molar-refractivity contribution in [2.45, 2.75) is 35.9 Å². The fourth-order valence-corrected chi connectivity index (χ4v) is 3.10. The summed E-state index contributed by atoms with van der Waals surface area (Å²) in [6.07, 6.45) is -7.18. The first-order valence-electron chi connectivity index (χ1n) is 8.92. The molecule has 2 aromatic rings. The number of halogens is 12. The van der Waals surface area contributed by atoms with E-state index in [-0.39, 0.29) is 11.3 Å². The van der Waals surface area contributed by atoms with Crippen molar-refractivity contribution in [2.75, 3.05) is 0 Å². The van der Waals surface area contributed by atoms with E-state index in [1.165, 1.54) is 24.3 Å². The second kappa shape index (κ2) is 7.66. The minimum Gasteiger partial charge on any atom is -0.508 e. The minimum absolute atomic E-state index is 0.141. The highest BCUT2D eigenvalue weighted by Crippen LogP contribution is 2.66. The first-order chi connectivity index (χ1) is 15.7. The molecular weight excluding hydrogens is 518 g/mol. The summed E-state index contributed by atoms with van der Waals surface area (Å²) in [5.74, 6) is -26.2. The second-order valence-corrected chi connectivity index (χ2v) is 7.15. The summed E-state index contributed by atoms with van der Waals surface area (Å²) in [5.41, 5.74) is 0.612. The molecule has 0 aromatic heterocycles. The quantitative estimate of drug-likeness (QED) is 0.231. The number of hydrogen-bond donors (Lipinski definition) is 1. The number of phenolic OH excluding ortho intramolecular Hbond substituents is 1. The zero-order valence-electron chi connectivity index (χ0n) is 16.4. The summed E-state index contributed by atoms with van der Waals surface area (Å²) in [4.78, 5) is 8.40. The van der Waals surface area contributed by atoms with Gasteiger partial charge in [-0.05, 0) is 35.4 Å². The number of ether oxygens (including phenoxy) is 1. The molecule has 35 heavy (non-hydrogen) atoms. The molecule has 1 atom stereocenters. The lowest BCUT2D eigenvalue weighted by atomic mass is 10.1. The van der Waals surface area contributed by atoms with Gasteiger partial charge in [0.1, 0.15) is 11.5 Å². The predicted molar refractivity (Wildman–Crippen MR) is 90.7 cm³/mol. The van der Waals surface area contributed by atoms with Crippen LogP contribution >= 0.6 is 0 Å². The molecule has 1 N–H and O–H groups in total. The Morgan fingerprint density at radius 2 is 1.09 bits per heavy atom. The maximum atomic E-state index is 14.8. The van der Waals surface area contributed by atoms with Crippen LogP contribution in [-0.2, 0) is 4.79 Å². The fourth-order valence-electron chi connectivity index (χ4n) is 3.10. The van der Waals surface area contributed by atoms with Gasteiger partial charge in [-0.3, -0.25) is 0 Å². The number of benzene rings is 2. The van der Waals surface area contributed by atoms with Gasteiger partial charge in [-0.25, -0.2) is 9.18 Å². The summed E-state index contributed by atoms with van der Waals surface area (Å²) in [5, 5.41) is 9.23. The summed E-state index contributed by atoms with van der Waals surface area (Å²) in [7, 11) is 0. The van der Waals surface area contributed by atoms with E-state index in [1.54, 1.807) is 0 Å². The van der Waals surface area contributed by atoms with E-state index in [9.17, 15) is 62.6 Å². The zero-order valence-corrected chi connectivity index (χ0v) is 16.4. The average molecular weight is 527 g/mol. The summed E-state index contributed by atoms with van der Waals surface area (Å²) in [6, 6.07) is -5.96. The molecule has 0 saturated carbocycles. The highest BCUT2D eigenvalue weighted by molar-refractivity contribution is 5.83. The topological polar surface area (TPSA) is 49.8 Å². The number of aromatic hydroxyl groups is 1. The normalized spacial score (nSPS) is 22.4. The van der Waals surface area contributed by atoms with Gasteiger partial charge >= 0.3 is 41.9 Å². The molecule has 0 aliphatic carbocycles. The molecule has 1 heterocycles. The van der Waals surface area contributed by atoms with Crippen molar-refractivity contribution in [2.24, 2.45) is 0 Å². The lowest BCUT2D eigenvalue weighted by molar-refractivity contribution is -0.382. The first-order valence-corrected chi connectivity index (χ1v) is 8.92. The number of esters is 1. The molecule has 0 amide bonds. The zero-order chi connectivity index (χ0) is 26.8. The van der Waals surface area contributed by atoms with Crippen LogP contribution in [0.4, 0.5) is 52.7 Å². The maximum absolute atomic E-state index is 14.8. The number of nitrogens with zero attached hydrogens (tertiary/aromatic N) is 1. The van der Waals surface area contributed by atoms with Crippen molar-refractivity contribution in [1.82, 2.24) is 4.90 Å². The predicted octanol–water partition coefficient (Wildman–Crippen LogP) is 5.96. The third-order valence-corrected chi connectivity index (χ3v) is 4.93. The number of likely N-dealkylation sites (tertiary alicyclic amines) is 1. The van der Waals surface area contributed by atoms with Crippen molar-refractivity contribution >= 4 is 5.97 Å². The lowest BCUT2D eigenvalue weighted by Crippen LogP contribution is -2.70. The first kappa shape index (κ1) is 26.4. The third-order valence-electron chi connectivity index (χ3n) is 4.93. The van der Waals surface area contributed by atoms with Gasteiger partial charge in [-0.1, -0.05) is 24.3 Å². The van der Waals surface area contributed by atoms with Crippen LogP contribution in [0.1, 0.15) is 0 Å². The molecule has 16 heteroatoms. The summed E-state index contributed by atoms with van der Waals surface area (Å²) < 4.78 is 167. The van der Waals surface area contributed by atoms with E-state index in [1.807, 2.05) is 0 Å². The van der Waals surface area contributed by atoms with E-state index < -0.39 is 52.5 Å². The lowest BCUT2D eigenvalue weighted by Gasteiger charge is -2.38. The minimum atomic E-state index is -7.22. The van der Waals surface area contributed by atoms with E-state index in [0.29, 0.717) is 17.7 Å². The highest BCUT2D eigenvalue weighted by atomic mass is 19.4. The van der Waals surface area contributed by atoms with Crippen LogP contribution in [0, 0.1) is 0 Å². The van der Waals surface area contributed by atoms with Crippen LogP contribution in [0.3, 0.4) is 0 Å². The molecule has 192 valence electrons. The molecule has 0 unspecified atom stereocenters. The Hall–Kier alpha value is -3.17. The Morgan fingerprint density at radius 3 is 1.46 bits per heavy atom. The monoisotopic (exact) mass is 527 g/mol. The fraction of sp³-hybridized carbons (Fsp3) is 0.316. The molecule has 0 radical (unpaired) electrons. The van der Waals surface area contributed by atoms with Crippen LogP contribution in [-0.4, -0.2) is 51.9 Å².